The van der Waals surface area contributed by atoms with Crippen LogP contribution in [0.15, 0.2) is 48.5 Å². The highest BCUT2D eigenvalue weighted by Gasteiger charge is 2.29. The monoisotopic (exact) mass is 461 g/mol. The van der Waals surface area contributed by atoms with Gasteiger partial charge in [0.2, 0.25) is 0 Å². The van der Waals surface area contributed by atoms with Crippen LogP contribution in [0.4, 0.5) is 4.79 Å². The summed E-state index contributed by atoms with van der Waals surface area (Å²) in [5, 5.41) is 11.7. The molecule has 1 aliphatic carbocycles. The molecular weight excluding hydrogens is 434 g/mol. The highest BCUT2D eigenvalue weighted by Crippen LogP contribution is 2.44. The lowest BCUT2D eigenvalue weighted by Gasteiger charge is -2.35. The highest BCUT2D eigenvalue weighted by molar-refractivity contribution is 5.93. The van der Waals surface area contributed by atoms with E-state index in [2.05, 4.69) is 41.4 Å². The Morgan fingerprint density at radius 1 is 1.03 bits per heavy atom. The van der Waals surface area contributed by atoms with Crippen molar-refractivity contribution in [2.45, 2.75) is 18.9 Å². The Morgan fingerprint density at radius 2 is 1.62 bits per heavy atom. The van der Waals surface area contributed by atoms with Gasteiger partial charge in [0.25, 0.3) is 5.91 Å². The number of carboxylic acids is 1. The fourth-order valence-corrected chi connectivity index (χ4v) is 4.43. The number of carbonyl (C=O) groups excluding carboxylic acids is 2. The van der Waals surface area contributed by atoms with E-state index in [1.165, 1.54) is 0 Å². The molecule has 2 aromatic carbocycles. The average Bonchev–Trinajstić information content (AvgIpc) is 3.18. The van der Waals surface area contributed by atoms with Gasteiger partial charge in [-0.25, -0.2) is 4.79 Å². The molecule has 8 nitrogen and oxygen atoms in total. The van der Waals surface area contributed by atoms with Crippen LogP contribution in [0.5, 0.6) is 0 Å². The van der Waals surface area contributed by atoms with Crippen molar-refractivity contribution >= 4 is 18.0 Å². The number of hydrogen-bond acceptors (Lipinski definition) is 5. The fourth-order valence-electron chi connectivity index (χ4n) is 4.43. The number of carbonyl (C=O) groups is 3. The van der Waals surface area contributed by atoms with Gasteiger partial charge in [-0.2, -0.15) is 0 Å². The summed E-state index contributed by atoms with van der Waals surface area (Å²) in [5.41, 5.74) is 4.60. The Bertz CT molecular complexity index is 1100. The second kappa shape index (κ2) is 10.4. The molecule has 2 aliphatic rings. The zero-order valence-electron chi connectivity index (χ0n) is 19.0. The maximum absolute atomic E-state index is 12.3. The molecule has 0 saturated carbocycles. The Balaban J connectivity index is 1.23. The number of amides is 2. The first-order valence-electron chi connectivity index (χ1n) is 11.3. The predicted molar refractivity (Wildman–Crippen MR) is 126 cm³/mol. The third-order valence-corrected chi connectivity index (χ3v) is 6.37. The van der Waals surface area contributed by atoms with Crippen molar-refractivity contribution in [2.24, 2.45) is 0 Å². The molecule has 1 heterocycles. The van der Waals surface area contributed by atoms with E-state index in [0.717, 1.165) is 22.3 Å². The van der Waals surface area contributed by atoms with Crippen molar-refractivity contribution in [1.82, 2.24) is 15.1 Å². The quantitative estimate of drug-likeness (QED) is 0.662. The van der Waals surface area contributed by atoms with E-state index in [4.69, 9.17) is 9.84 Å². The molecule has 1 aliphatic heterocycles. The summed E-state index contributed by atoms with van der Waals surface area (Å²) in [7, 11) is 0. The molecule has 2 aromatic rings. The van der Waals surface area contributed by atoms with Crippen LogP contribution in [0, 0.1) is 11.8 Å². The summed E-state index contributed by atoms with van der Waals surface area (Å²) >= 11 is 0. The van der Waals surface area contributed by atoms with Gasteiger partial charge in [0.15, 0.2) is 0 Å². The summed E-state index contributed by atoms with van der Waals surface area (Å²) < 4.78 is 5.45. The molecule has 176 valence electrons. The second-order valence-corrected chi connectivity index (χ2v) is 8.32. The van der Waals surface area contributed by atoms with Crippen LogP contribution >= 0.6 is 0 Å². The van der Waals surface area contributed by atoms with E-state index in [1.54, 1.807) is 11.8 Å². The van der Waals surface area contributed by atoms with Gasteiger partial charge in [0.1, 0.15) is 12.6 Å². The number of benzene rings is 2. The van der Waals surface area contributed by atoms with Crippen LogP contribution in [-0.2, 0) is 14.3 Å². The lowest BCUT2D eigenvalue weighted by Crippen LogP contribution is -2.52. The van der Waals surface area contributed by atoms with E-state index in [0.29, 0.717) is 26.2 Å². The smallest absolute Gasteiger partial charge is 0.407 e. The number of carboxylic acid groups (broad SMARTS) is 1. The first-order valence-corrected chi connectivity index (χ1v) is 11.3. The minimum atomic E-state index is -0.876. The standard InChI is InChI=1S/C26H27N3O5/c1-18(25(31)32)28-13-15-29(16-14-28)24(30)11-6-12-27-26(33)34-17-23-21-9-4-2-7-19(21)20-8-3-5-10-22(20)23/h2-5,7-10,18,23H,12-17H2,1H3,(H,27,33)(H,31,32). The molecule has 8 heteroatoms. The Hall–Kier alpha value is -3.83. The summed E-state index contributed by atoms with van der Waals surface area (Å²) in [4.78, 5) is 38.9. The normalized spacial score (nSPS) is 16.0. The number of alkyl carbamates (subject to hydrolysis) is 1. The number of nitrogens with zero attached hydrogens (tertiary/aromatic N) is 2. The summed E-state index contributed by atoms with van der Waals surface area (Å²) in [6.45, 7) is 3.66. The van der Waals surface area contributed by atoms with Gasteiger partial charge >= 0.3 is 12.1 Å². The van der Waals surface area contributed by atoms with Gasteiger partial charge in [0, 0.05) is 32.1 Å². The molecule has 1 atom stereocenters. The van der Waals surface area contributed by atoms with Crippen LogP contribution in [0.1, 0.15) is 24.0 Å². The molecule has 1 fully saturated rings. The minimum absolute atomic E-state index is 0.00156. The number of ether oxygens (including phenoxy) is 1. The van der Waals surface area contributed by atoms with Gasteiger partial charge in [-0.15, -0.1) is 0 Å². The summed E-state index contributed by atoms with van der Waals surface area (Å²) in [6.07, 6.45) is -0.583. The Morgan fingerprint density at radius 3 is 2.21 bits per heavy atom. The van der Waals surface area contributed by atoms with E-state index in [-0.39, 0.29) is 25.0 Å². The summed E-state index contributed by atoms with van der Waals surface area (Å²) in [6, 6.07) is 15.7. The molecule has 0 bridgehead atoms. The molecule has 2 amide bonds. The number of fused-ring (bicyclic) bond motifs is 3. The Kier molecular flexibility index (Phi) is 7.14. The van der Waals surface area contributed by atoms with Crippen LogP contribution in [0.2, 0.25) is 0 Å². The van der Waals surface area contributed by atoms with Crippen LogP contribution in [-0.4, -0.2) is 78.2 Å². The van der Waals surface area contributed by atoms with Crippen molar-refractivity contribution in [3.05, 3.63) is 59.7 Å². The molecule has 1 saturated heterocycles. The summed E-state index contributed by atoms with van der Waals surface area (Å²) in [5.74, 6) is 3.96. The number of nitrogens with one attached hydrogen (secondary N) is 1. The van der Waals surface area contributed by atoms with E-state index < -0.39 is 18.1 Å². The van der Waals surface area contributed by atoms with Crippen molar-refractivity contribution in [1.29, 1.82) is 0 Å². The van der Waals surface area contributed by atoms with Crippen molar-refractivity contribution in [3.8, 4) is 23.0 Å². The van der Waals surface area contributed by atoms with Crippen LogP contribution in [0.25, 0.3) is 11.1 Å². The van der Waals surface area contributed by atoms with Gasteiger partial charge in [-0.1, -0.05) is 54.5 Å². The fraction of sp³-hybridized carbons (Fsp3) is 0.346. The largest absolute Gasteiger partial charge is 0.480 e. The maximum atomic E-state index is 12.3. The topological polar surface area (TPSA) is 99.2 Å². The van der Waals surface area contributed by atoms with Gasteiger partial charge in [-0.05, 0) is 35.1 Å². The Labute approximate surface area is 198 Å². The lowest BCUT2D eigenvalue weighted by molar-refractivity contribution is -0.143. The zero-order valence-corrected chi connectivity index (χ0v) is 19.0. The van der Waals surface area contributed by atoms with Crippen molar-refractivity contribution in [2.75, 3.05) is 39.3 Å². The number of hydrogen-bond donors (Lipinski definition) is 2. The van der Waals surface area contributed by atoms with Gasteiger partial charge in [-0.3, -0.25) is 14.5 Å². The van der Waals surface area contributed by atoms with Crippen LogP contribution in [0.3, 0.4) is 0 Å². The number of aliphatic carboxylic acids is 1. The third-order valence-electron chi connectivity index (χ3n) is 6.37. The van der Waals surface area contributed by atoms with E-state index >= 15 is 0 Å². The minimum Gasteiger partial charge on any atom is -0.480 e. The molecular formula is C26H27N3O5. The molecule has 0 spiro atoms. The first-order chi connectivity index (χ1) is 16.5. The second-order valence-electron chi connectivity index (χ2n) is 8.32. The van der Waals surface area contributed by atoms with Crippen molar-refractivity contribution in [3.63, 3.8) is 0 Å². The van der Waals surface area contributed by atoms with Gasteiger partial charge in [0.05, 0.1) is 6.54 Å². The predicted octanol–water partition coefficient (Wildman–Crippen LogP) is 2.15. The maximum Gasteiger partial charge on any atom is 0.407 e. The van der Waals surface area contributed by atoms with Crippen molar-refractivity contribution < 1.29 is 24.2 Å². The SMILES string of the molecule is CC(C(=O)O)N1CCN(C(=O)C#CCNC(=O)OCC2c3ccccc3-c3ccccc32)CC1. The zero-order chi connectivity index (χ0) is 24.1. The number of rotatable bonds is 5. The molecule has 0 aromatic heterocycles. The lowest BCUT2D eigenvalue weighted by atomic mass is 9.98. The van der Waals surface area contributed by atoms with E-state index in [1.807, 2.05) is 29.2 Å². The molecule has 1 unspecified atom stereocenters. The molecule has 34 heavy (non-hydrogen) atoms. The average molecular weight is 462 g/mol. The third kappa shape index (κ3) is 5.05. The molecule has 4 rings (SSSR count). The number of piperazine rings is 1. The molecule has 0 radical (unpaired) electrons. The van der Waals surface area contributed by atoms with Gasteiger partial charge < -0.3 is 20.1 Å². The molecule has 2 N–H and O–H groups in total. The van der Waals surface area contributed by atoms with Crippen LogP contribution < -0.4 is 5.32 Å². The highest BCUT2D eigenvalue weighted by atomic mass is 16.5. The first kappa shape index (κ1) is 23.3. The van der Waals surface area contributed by atoms with E-state index in [9.17, 15) is 14.4 Å².